The fourth-order valence-corrected chi connectivity index (χ4v) is 3.72. The molecule has 0 unspecified atom stereocenters. The minimum atomic E-state index is -0.212. The molecule has 0 spiro atoms. The van der Waals surface area contributed by atoms with E-state index in [9.17, 15) is 4.79 Å². The van der Waals surface area contributed by atoms with E-state index in [1.807, 2.05) is 72.8 Å². The van der Waals surface area contributed by atoms with E-state index in [-0.39, 0.29) is 5.91 Å². The molecule has 1 amide bonds. The van der Waals surface area contributed by atoms with Crippen molar-refractivity contribution in [2.45, 2.75) is 6.61 Å². The summed E-state index contributed by atoms with van der Waals surface area (Å²) in [6.07, 6.45) is 1.75. The second kappa shape index (κ2) is 9.32. The van der Waals surface area contributed by atoms with Crippen LogP contribution in [-0.4, -0.2) is 18.1 Å². The monoisotopic (exact) mass is 494 g/mol. The van der Waals surface area contributed by atoms with Gasteiger partial charge in [0.05, 0.1) is 12.8 Å². The number of nitrogens with zero attached hydrogens (tertiary/aromatic N) is 1. The minimum absolute atomic E-state index is 0.212. The average Bonchev–Trinajstić information content (AvgIpc) is 3.07. The Morgan fingerprint density at radius 3 is 2.48 bits per heavy atom. The van der Waals surface area contributed by atoms with E-state index in [1.54, 1.807) is 13.2 Å². The smallest absolute Gasteiger partial charge is 0.281 e. The Hall–Kier alpha value is -3.16. The molecule has 0 radical (unpaired) electrons. The van der Waals surface area contributed by atoms with Gasteiger partial charge in [0.25, 0.3) is 5.91 Å². The Morgan fingerprint density at radius 1 is 1.03 bits per heavy atom. The predicted molar refractivity (Wildman–Crippen MR) is 129 cm³/mol. The molecule has 3 aromatic rings. The number of anilines is 1. The standard InChI is InChI=1S/C24H19BrN2O3S/c1-29-22-14-17(7-12-21(22)30-15-16-5-3-2-4-6-16)13-20-23(28)27(24(31)26-20)19-10-8-18(25)9-11-19/h2-14H,15H2,1H3,(H,26,31)/b20-13-. The quantitative estimate of drug-likeness (QED) is 0.372. The van der Waals surface area contributed by atoms with Gasteiger partial charge in [-0.25, -0.2) is 0 Å². The van der Waals surface area contributed by atoms with Crippen molar-refractivity contribution in [2.75, 3.05) is 12.0 Å². The van der Waals surface area contributed by atoms with Crippen molar-refractivity contribution in [3.63, 3.8) is 0 Å². The van der Waals surface area contributed by atoms with Crippen LogP contribution in [0, 0.1) is 0 Å². The van der Waals surface area contributed by atoms with Crippen LogP contribution in [0.25, 0.3) is 6.08 Å². The molecule has 0 aliphatic carbocycles. The summed E-state index contributed by atoms with van der Waals surface area (Å²) in [4.78, 5) is 14.4. The highest BCUT2D eigenvalue weighted by atomic mass is 79.9. The molecule has 1 aliphatic rings. The molecule has 7 heteroatoms. The lowest BCUT2D eigenvalue weighted by molar-refractivity contribution is -0.113. The predicted octanol–water partition coefficient (Wildman–Crippen LogP) is 5.30. The number of amides is 1. The van der Waals surface area contributed by atoms with Gasteiger partial charge in [0.2, 0.25) is 0 Å². The zero-order valence-corrected chi connectivity index (χ0v) is 19.1. The lowest BCUT2D eigenvalue weighted by atomic mass is 10.1. The number of nitrogens with one attached hydrogen (secondary N) is 1. The van der Waals surface area contributed by atoms with Gasteiger partial charge >= 0.3 is 0 Å². The van der Waals surface area contributed by atoms with Gasteiger partial charge in [-0.15, -0.1) is 0 Å². The molecule has 3 aromatic carbocycles. The maximum Gasteiger partial charge on any atom is 0.281 e. The Bertz CT molecular complexity index is 1150. The molecule has 1 fully saturated rings. The molecule has 1 aliphatic heterocycles. The third kappa shape index (κ3) is 4.78. The Labute approximate surface area is 194 Å². The molecule has 1 saturated heterocycles. The van der Waals surface area contributed by atoms with Gasteiger partial charge in [-0.05, 0) is 65.8 Å². The molecule has 5 nitrogen and oxygen atoms in total. The Kier molecular flexibility index (Phi) is 6.34. The normalized spacial score (nSPS) is 14.6. The van der Waals surface area contributed by atoms with E-state index in [0.717, 1.165) is 15.6 Å². The van der Waals surface area contributed by atoms with E-state index < -0.39 is 0 Å². The largest absolute Gasteiger partial charge is 0.493 e. The van der Waals surface area contributed by atoms with Crippen molar-refractivity contribution in [3.8, 4) is 11.5 Å². The van der Waals surface area contributed by atoms with E-state index in [2.05, 4.69) is 21.2 Å². The number of rotatable bonds is 6. The molecule has 0 saturated carbocycles. The van der Waals surface area contributed by atoms with Crippen molar-refractivity contribution in [1.29, 1.82) is 0 Å². The number of thiocarbonyl (C=S) groups is 1. The first-order valence-electron chi connectivity index (χ1n) is 9.52. The van der Waals surface area contributed by atoms with Crippen LogP contribution in [0.15, 0.2) is 83.0 Å². The van der Waals surface area contributed by atoms with Crippen molar-refractivity contribution in [2.24, 2.45) is 0 Å². The van der Waals surface area contributed by atoms with Gasteiger partial charge in [0, 0.05) is 4.47 Å². The van der Waals surface area contributed by atoms with Crippen LogP contribution in [-0.2, 0) is 11.4 Å². The first kappa shape index (κ1) is 21.1. The maximum atomic E-state index is 12.9. The third-order valence-electron chi connectivity index (χ3n) is 4.70. The summed E-state index contributed by atoms with van der Waals surface area (Å²) in [5.74, 6) is 1.00. The third-order valence-corrected chi connectivity index (χ3v) is 5.51. The first-order chi connectivity index (χ1) is 15.0. The van der Waals surface area contributed by atoms with Gasteiger partial charge < -0.3 is 14.8 Å². The molecule has 156 valence electrons. The second-order valence-electron chi connectivity index (χ2n) is 6.79. The summed E-state index contributed by atoms with van der Waals surface area (Å²) in [7, 11) is 1.59. The zero-order chi connectivity index (χ0) is 21.8. The highest BCUT2D eigenvalue weighted by molar-refractivity contribution is 9.10. The van der Waals surface area contributed by atoms with Crippen molar-refractivity contribution >= 4 is 50.9 Å². The van der Waals surface area contributed by atoms with Crippen LogP contribution in [0.4, 0.5) is 5.69 Å². The summed E-state index contributed by atoms with van der Waals surface area (Å²) in [6.45, 7) is 0.439. The second-order valence-corrected chi connectivity index (χ2v) is 8.09. The number of hydrogen-bond donors (Lipinski definition) is 1. The van der Waals surface area contributed by atoms with Gasteiger partial charge in [-0.2, -0.15) is 0 Å². The number of methoxy groups -OCH3 is 1. The van der Waals surface area contributed by atoms with Crippen LogP contribution in [0.1, 0.15) is 11.1 Å². The molecule has 0 aromatic heterocycles. The molecule has 0 bridgehead atoms. The topological polar surface area (TPSA) is 50.8 Å². The van der Waals surface area contributed by atoms with Gasteiger partial charge in [0.1, 0.15) is 12.3 Å². The lowest BCUT2D eigenvalue weighted by Crippen LogP contribution is -2.30. The summed E-state index contributed by atoms with van der Waals surface area (Å²) >= 11 is 8.77. The Morgan fingerprint density at radius 2 is 1.77 bits per heavy atom. The minimum Gasteiger partial charge on any atom is -0.493 e. The highest BCUT2D eigenvalue weighted by Crippen LogP contribution is 2.30. The number of carbonyl (C=O) groups excluding carboxylic acids is 1. The van der Waals surface area contributed by atoms with Crippen LogP contribution < -0.4 is 19.7 Å². The fourth-order valence-electron chi connectivity index (χ4n) is 3.15. The van der Waals surface area contributed by atoms with E-state index in [1.165, 1.54) is 4.90 Å². The molecule has 31 heavy (non-hydrogen) atoms. The average molecular weight is 495 g/mol. The van der Waals surface area contributed by atoms with E-state index >= 15 is 0 Å². The zero-order valence-electron chi connectivity index (χ0n) is 16.7. The molecular formula is C24H19BrN2O3S. The van der Waals surface area contributed by atoms with Gasteiger partial charge in [0.15, 0.2) is 16.6 Å². The summed E-state index contributed by atoms with van der Waals surface area (Å²) in [5, 5.41) is 3.34. The molecule has 1 heterocycles. The number of benzene rings is 3. The van der Waals surface area contributed by atoms with Gasteiger partial charge in [-0.1, -0.05) is 52.3 Å². The van der Waals surface area contributed by atoms with Crippen molar-refractivity contribution < 1.29 is 14.3 Å². The summed E-state index contributed by atoms with van der Waals surface area (Å²) in [5.41, 5.74) is 2.96. The highest BCUT2D eigenvalue weighted by Gasteiger charge is 2.31. The van der Waals surface area contributed by atoms with Crippen LogP contribution >= 0.6 is 28.1 Å². The van der Waals surface area contributed by atoms with E-state index in [4.69, 9.17) is 21.7 Å². The number of carbonyl (C=O) groups is 1. The Balaban J connectivity index is 1.53. The van der Waals surface area contributed by atoms with Crippen LogP contribution in [0.5, 0.6) is 11.5 Å². The molecule has 4 rings (SSSR count). The summed E-state index contributed by atoms with van der Waals surface area (Å²) < 4.78 is 12.3. The first-order valence-corrected chi connectivity index (χ1v) is 10.7. The number of halogens is 1. The SMILES string of the molecule is COc1cc(/C=C2\NC(=S)N(c3ccc(Br)cc3)C2=O)ccc1OCc1ccccc1. The molecular weight excluding hydrogens is 476 g/mol. The van der Waals surface area contributed by atoms with Crippen molar-refractivity contribution in [1.82, 2.24) is 5.32 Å². The molecule has 1 N–H and O–H groups in total. The van der Waals surface area contributed by atoms with E-state index in [0.29, 0.717) is 34.6 Å². The number of ether oxygens (including phenoxy) is 2. The molecule has 0 atom stereocenters. The van der Waals surface area contributed by atoms with Crippen molar-refractivity contribution in [3.05, 3.63) is 94.1 Å². The lowest BCUT2D eigenvalue weighted by Gasteiger charge is -2.13. The van der Waals surface area contributed by atoms with Crippen LogP contribution in [0.2, 0.25) is 0 Å². The van der Waals surface area contributed by atoms with Gasteiger partial charge in [-0.3, -0.25) is 9.69 Å². The summed E-state index contributed by atoms with van der Waals surface area (Å²) in [6, 6.07) is 22.8. The maximum absolute atomic E-state index is 12.9. The van der Waals surface area contributed by atoms with Crippen LogP contribution in [0.3, 0.4) is 0 Å². The number of hydrogen-bond acceptors (Lipinski definition) is 4. The fraction of sp³-hybridized carbons (Fsp3) is 0.0833.